The van der Waals surface area contributed by atoms with Gasteiger partial charge in [0.1, 0.15) is 5.75 Å². The Kier molecular flexibility index (Phi) is 4.28. The van der Waals surface area contributed by atoms with E-state index in [1.165, 1.54) is 16.7 Å². The van der Waals surface area contributed by atoms with Crippen LogP contribution in [-0.4, -0.2) is 13.2 Å². The summed E-state index contributed by atoms with van der Waals surface area (Å²) in [5.74, 6) is 7.07. The van der Waals surface area contributed by atoms with Gasteiger partial charge in [-0.2, -0.15) is 0 Å². The summed E-state index contributed by atoms with van der Waals surface area (Å²) in [5, 5.41) is 3.52. The standard InChI is InChI=1S/C16H21NO/c1-4-5-8-17-15-7-6-9-18-16-13(3)10-12(2)11-14(15)16/h10-11,15,17H,6-9H2,1-3H3/t15-/m0/s1. The smallest absolute Gasteiger partial charge is 0.126 e. The Morgan fingerprint density at radius 2 is 2.22 bits per heavy atom. The maximum absolute atomic E-state index is 5.89. The van der Waals surface area contributed by atoms with Crippen molar-refractivity contribution in [3.8, 4) is 17.6 Å². The van der Waals surface area contributed by atoms with E-state index in [2.05, 4.69) is 43.1 Å². The van der Waals surface area contributed by atoms with Crippen LogP contribution in [0.4, 0.5) is 0 Å². The predicted molar refractivity (Wildman–Crippen MR) is 74.8 cm³/mol. The highest BCUT2D eigenvalue weighted by molar-refractivity contribution is 5.46. The lowest BCUT2D eigenvalue weighted by Crippen LogP contribution is -2.21. The highest BCUT2D eigenvalue weighted by Gasteiger charge is 2.20. The van der Waals surface area contributed by atoms with Gasteiger partial charge in [0, 0.05) is 11.6 Å². The molecule has 0 unspecified atom stereocenters. The Balaban J connectivity index is 2.30. The maximum atomic E-state index is 5.89. The lowest BCUT2D eigenvalue weighted by molar-refractivity contribution is 0.313. The van der Waals surface area contributed by atoms with Gasteiger partial charge in [0.25, 0.3) is 0 Å². The molecule has 1 aliphatic heterocycles. The SMILES string of the molecule is CC#CCN[C@H]1CCCOc2c(C)cc(C)cc21. The first-order valence-electron chi connectivity index (χ1n) is 6.59. The van der Waals surface area contributed by atoms with Crippen LogP contribution < -0.4 is 10.1 Å². The first-order chi connectivity index (χ1) is 8.72. The topological polar surface area (TPSA) is 21.3 Å². The van der Waals surface area contributed by atoms with Gasteiger partial charge < -0.3 is 4.74 Å². The van der Waals surface area contributed by atoms with E-state index in [1.54, 1.807) is 0 Å². The fourth-order valence-corrected chi connectivity index (χ4v) is 2.54. The molecule has 1 aromatic carbocycles. The van der Waals surface area contributed by atoms with E-state index in [1.807, 2.05) is 6.92 Å². The van der Waals surface area contributed by atoms with Crippen molar-refractivity contribution in [3.63, 3.8) is 0 Å². The van der Waals surface area contributed by atoms with Gasteiger partial charge in [0.2, 0.25) is 0 Å². The molecule has 1 aromatic rings. The van der Waals surface area contributed by atoms with Crippen LogP contribution in [0.2, 0.25) is 0 Å². The van der Waals surface area contributed by atoms with Crippen LogP contribution in [0.1, 0.15) is 42.5 Å². The quantitative estimate of drug-likeness (QED) is 0.806. The first kappa shape index (κ1) is 13.0. The normalized spacial score (nSPS) is 18.1. The monoisotopic (exact) mass is 243 g/mol. The molecule has 2 rings (SSSR count). The molecule has 2 heteroatoms. The van der Waals surface area contributed by atoms with Crippen molar-refractivity contribution in [2.75, 3.05) is 13.2 Å². The van der Waals surface area contributed by atoms with Crippen LogP contribution in [-0.2, 0) is 0 Å². The summed E-state index contributed by atoms with van der Waals surface area (Å²) < 4.78 is 5.89. The highest BCUT2D eigenvalue weighted by atomic mass is 16.5. The second-order valence-electron chi connectivity index (χ2n) is 4.85. The Hall–Kier alpha value is -1.46. The number of fused-ring (bicyclic) bond motifs is 1. The lowest BCUT2D eigenvalue weighted by Gasteiger charge is -2.19. The van der Waals surface area contributed by atoms with E-state index in [0.717, 1.165) is 31.7 Å². The van der Waals surface area contributed by atoms with Gasteiger partial charge in [0.05, 0.1) is 13.2 Å². The molecule has 96 valence electrons. The third-order valence-corrected chi connectivity index (χ3v) is 3.32. The second kappa shape index (κ2) is 5.93. The van der Waals surface area contributed by atoms with E-state index in [4.69, 9.17) is 4.74 Å². The molecule has 0 saturated heterocycles. The summed E-state index contributed by atoms with van der Waals surface area (Å²) in [6.45, 7) is 7.70. The zero-order valence-corrected chi connectivity index (χ0v) is 11.5. The Morgan fingerprint density at radius 1 is 1.39 bits per heavy atom. The third-order valence-electron chi connectivity index (χ3n) is 3.32. The lowest BCUT2D eigenvalue weighted by atomic mass is 9.97. The minimum absolute atomic E-state index is 0.363. The molecular formula is C16H21NO. The molecule has 0 spiro atoms. The van der Waals surface area contributed by atoms with E-state index < -0.39 is 0 Å². The molecule has 1 aliphatic rings. The minimum Gasteiger partial charge on any atom is -0.493 e. The van der Waals surface area contributed by atoms with Gasteiger partial charge in [-0.1, -0.05) is 23.6 Å². The summed E-state index contributed by atoms with van der Waals surface area (Å²) >= 11 is 0. The number of benzene rings is 1. The minimum atomic E-state index is 0.363. The predicted octanol–water partition coefficient (Wildman–Crippen LogP) is 3.13. The molecular weight excluding hydrogens is 222 g/mol. The summed E-state index contributed by atoms with van der Waals surface area (Å²) in [7, 11) is 0. The van der Waals surface area contributed by atoms with Crippen molar-refractivity contribution in [3.05, 3.63) is 28.8 Å². The van der Waals surface area contributed by atoms with Gasteiger partial charge in [0.15, 0.2) is 0 Å². The Morgan fingerprint density at radius 3 is 3.00 bits per heavy atom. The number of hydrogen-bond donors (Lipinski definition) is 1. The largest absolute Gasteiger partial charge is 0.493 e. The molecule has 0 aliphatic carbocycles. The molecule has 0 amide bonds. The van der Waals surface area contributed by atoms with Crippen LogP contribution in [0.3, 0.4) is 0 Å². The van der Waals surface area contributed by atoms with Gasteiger partial charge >= 0.3 is 0 Å². The zero-order chi connectivity index (χ0) is 13.0. The maximum Gasteiger partial charge on any atom is 0.126 e. The number of rotatable bonds is 2. The molecule has 0 saturated carbocycles. The van der Waals surface area contributed by atoms with Crippen molar-refractivity contribution in [1.82, 2.24) is 5.32 Å². The summed E-state index contributed by atoms with van der Waals surface area (Å²) in [6, 6.07) is 4.79. The van der Waals surface area contributed by atoms with Crippen LogP contribution in [0.25, 0.3) is 0 Å². The molecule has 1 N–H and O–H groups in total. The summed E-state index contributed by atoms with van der Waals surface area (Å²) in [4.78, 5) is 0. The van der Waals surface area contributed by atoms with Gasteiger partial charge in [-0.3, -0.25) is 5.32 Å². The van der Waals surface area contributed by atoms with E-state index in [9.17, 15) is 0 Å². The molecule has 0 radical (unpaired) electrons. The first-order valence-corrected chi connectivity index (χ1v) is 6.59. The van der Waals surface area contributed by atoms with E-state index >= 15 is 0 Å². The molecule has 0 bridgehead atoms. The van der Waals surface area contributed by atoms with Crippen LogP contribution >= 0.6 is 0 Å². The number of nitrogens with one attached hydrogen (secondary N) is 1. The molecule has 18 heavy (non-hydrogen) atoms. The Bertz CT molecular complexity index is 482. The van der Waals surface area contributed by atoms with Crippen molar-refractivity contribution >= 4 is 0 Å². The van der Waals surface area contributed by atoms with Crippen molar-refractivity contribution < 1.29 is 4.74 Å². The van der Waals surface area contributed by atoms with Crippen LogP contribution in [0.15, 0.2) is 12.1 Å². The van der Waals surface area contributed by atoms with Crippen LogP contribution in [0.5, 0.6) is 5.75 Å². The van der Waals surface area contributed by atoms with E-state index in [0.29, 0.717) is 6.04 Å². The molecule has 0 aromatic heterocycles. The molecule has 1 atom stereocenters. The third kappa shape index (κ3) is 2.86. The van der Waals surface area contributed by atoms with Crippen molar-refractivity contribution in [2.24, 2.45) is 0 Å². The average molecular weight is 243 g/mol. The van der Waals surface area contributed by atoms with Gasteiger partial charge in [-0.05, 0) is 39.2 Å². The zero-order valence-electron chi connectivity index (χ0n) is 11.5. The summed E-state index contributed by atoms with van der Waals surface area (Å²) in [6.07, 6.45) is 2.20. The fourth-order valence-electron chi connectivity index (χ4n) is 2.54. The fraction of sp³-hybridized carbons (Fsp3) is 0.500. The van der Waals surface area contributed by atoms with Gasteiger partial charge in [-0.25, -0.2) is 0 Å². The molecule has 2 nitrogen and oxygen atoms in total. The summed E-state index contributed by atoms with van der Waals surface area (Å²) in [5.41, 5.74) is 3.83. The van der Waals surface area contributed by atoms with E-state index in [-0.39, 0.29) is 0 Å². The number of ether oxygens (including phenoxy) is 1. The van der Waals surface area contributed by atoms with Crippen molar-refractivity contribution in [2.45, 2.75) is 39.7 Å². The second-order valence-corrected chi connectivity index (χ2v) is 4.85. The number of aryl methyl sites for hydroxylation is 2. The van der Waals surface area contributed by atoms with Crippen LogP contribution in [0, 0.1) is 25.7 Å². The molecule has 1 heterocycles. The number of hydrogen-bond acceptors (Lipinski definition) is 2. The Labute approximate surface area is 110 Å². The highest BCUT2D eigenvalue weighted by Crippen LogP contribution is 2.34. The molecule has 0 fully saturated rings. The average Bonchev–Trinajstić information content (AvgIpc) is 2.53. The van der Waals surface area contributed by atoms with Crippen molar-refractivity contribution in [1.29, 1.82) is 0 Å². The van der Waals surface area contributed by atoms with Gasteiger partial charge in [-0.15, -0.1) is 5.92 Å².